The van der Waals surface area contributed by atoms with Gasteiger partial charge in [-0.15, -0.1) is 0 Å². The lowest BCUT2D eigenvalue weighted by atomic mass is 10.1. The highest BCUT2D eigenvalue weighted by atomic mass is 35.7. The lowest BCUT2D eigenvalue weighted by molar-refractivity contribution is 0.0630. The zero-order valence-electron chi connectivity index (χ0n) is 12.0. The van der Waals surface area contributed by atoms with Crippen LogP contribution in [0.3, 0.4) is 0 Å². The Labute approximate surface area is 128 Å². The average Bonchev–Trinajstić information content (AvgIpc) is 2.37. The third-order valence-electron chi connectivity index (χ3n) is 2.87. The predicted octanol–water partition coefficient (Wildman–Crippen LogP) is 2.25. The molecule has 0 saturated heterocycles. The third-order valence-corrected chi connectivity index (χ3v) is 4.22. The van der Waals surface area contributed by atoms with Crippen molar-refractivity contribution >= 4 is 25.6 Å². The molecule has 0 aliphatic carbocycles. The summed E-state index contributed by atoms with van der Waals surface area (Å²) in [5.41, 5.74) is -0.332. The van der Waals surface area contributed by atoms with E-state index in [0.29, 0.717) is 6.61 Å². The molecular weight excluding hydrogens is 321 g/mol. The van der Waals surface area contributed by atoms with E-state index < -0.39 is 20.8 Å². The number of nitrogens with zero attached hydrogens (tertiary/aromatic N) is 1. The maximum atomic E-state index is 13.8. The van der Waals surface area contributed by atoms with Crippen LogP contribution in [-0.2, 0) is 13.8 Å². The number of halogens is 2. The van der Waals surface area contributed by atoms with E-state index in [1.807, 2.05) is 0 Å². The molecule has 0 saturated carbocycles. The molecule has 5 nitrogen and oxygen atoms in total. The van der Waals surface area contributed by atoms with E-state index in [2.05, 4.69) is 0 Å². The Morgan fingerprint density at radius 3 is 2.52 bits per heavy atom. The van der Waals surface area contributed by atoms with Gasteiger partial charge in [-0.2, -0.15) is 0 Å². The number of ether oxygens (including phenoxy) is 1. The number of carbonyl (C=O) groups is 1. The van der Waals surface area contributed by atoms with Crippen LogP contribution in [0, 0.1) is 5.82 Å². The number of hydrogen-bond acceptors (Lipinski definition) is 4. The van der Waals surface area contributed by atoms with Crippen LogP contribution in [0.25, 0.3) is 0 Å². The van der Waals surface area contributed by atoms with Gasteiger partial charge in [0.05, 0.1) is 17.1 Å². The monoisotopic (exact) mass is 337 g/mol. The molecule has 0 aromatic heterocycles. The van der Waals surface area contributed by atoms with E-state index in [1.165, 1.54) is 12.0 Å². The van der Waals surface area contributed by atoms with Gasteiger partial charge < -0.3 is 9.64 Å². The number of amides is 1. The summed E-state index contributed by atoms with van der Waals surface area (Å²) in [6.07, 6.45) is 0. The summed E-state index contributed by atoms with van der Waals surface area (Å²) in [6.45, 7) is 4.10. The van der Waals surface area contributed by atoms with Gasteiger partial charge in [-0.3, -0.25) is 4.79 Å². The fraction of sp³-hybridized carbons (Fsp3) is 0.462. The standard InChI is InChI=1S/C13H17ClFNO4S/c1-9(2)16(6-7-20-3)13(17)11-8-10(21(14,18)19)4-5-12(11)15/h4-5,8-9H,6-7H2,1-3H3. The molecule has 118 valence electrons. The first-order valence-corrected chi connectivity index (χ1v) is 8.53. The topological polar surface area (TPSA) is 63.7 Å². The van der Waals surface area contributed by atoms with Crippen molar-refractivity contribution in [2.75, 3.05) is 20.3 Å². The first kappa shape index (κ1) is 17.9. The second-order valence-corrected chi connectivity index (χ2v) is 7.23. The summed E-state index contributed by atoms with van der Waals surface area (Å²) < 4.78 is 41.3. The van der Waals surface area contributed by atoms with Gasteiger partial charge in [0.2, 0.25) is 0 Å². The van der Waals surface area contributed by atoms with E-state index in [9.17, 15) is 17.6 Å². The summed E-state index contributed by atoms with van der Waals surface area (Å²) in [5, 5.41) is 0. The molecule has 8 heteroatoms. The van der Waals surface area contributed by atoms with E-state index >= 15 is 0 Å². The average molecular weight is 338 g/mol. The second kappa shape index (κ2) is 7.20. The van der Waals surface area contributed by atoms with Crippen LogP contribution in [0.4, 0.5) is 4.39 Å². The van der Waals surface area contributed by atoms with Crippen molar-refractivity contribution in [3.05, 3.63) is 29.6 Å². The molecule has 0 unspecified atom stereocenters. The summed E-state index contributed by atoms with van der Waals surface area (Å²) >= 11 is 0. The van der Waals surface area contributed by atoms with Crippen LogP contribution in [0.15, 0.2) is 23.1 Å². The fourth-order valence-electron chi connectivity index (χ4n) is 1.76. The number of carbonyl (C=O) groups excluding carboxylic acids is 1. The third kappa shape index (κ3) is 4.66. The van der Waals surface area contributed by atoms with Crippen LogP contribution in [0.5, 0.6) is 0 Å². The Morgan fingerprint density at radius 2 is 2.05 bits per heavy atom. The maximum Gasteiger partial charge on any atom is 0.261 e. The first-order valence-electron chi connectivity index (χ1n) is 6.22. The van der Waals surface area contributed by atoms with E-state index in [4.69, 9.17) is 15.4 Å². The minimum atomic E-state index is -4.03. The lowest BCUT2D eigenvalue weighted by Crippen LogP contribution is -2.39. The summed E-state index contributed by atoms with van der Waals surface area (Å²) in [4.78, 5) is 13.5. The number of methoxy groups -OCH3 is 1. The molecule has 0 heterocycles. The van der Waals surface area contributed by atoms with Crippen LogP contribution >= 0.6 is 10.7 Å². The molecular formula is C13H17ClFNO4S. The number of rotatable bonds is 6. The molecule has 0 aliphatic heterocycles. The fourth-order valence-corrected chi connectivity index (χ4v) is 2.54. The SMILES string of the molecule is COCCN(C(=O)c1cc(S(=O)(=O)Cl)ccc1F)C(C)C. The second-order valence-electron chi connectivity index (χ2n) is 4.66. The Morgan fingerprint density at radius 1 is 1.43 bits per heavy atom. The molecule has 0 bridgehead atoms. The highest BCUT2D eigenvalue weighted by Gasteiger charge is 2.23. The smallest absolute Gasteiger partial charge is 0.261 e. The van der Waals surface area contributed by atoms with Crippen LogP contribution in [-0.4, -0.2) is 45.5 Å². The zero-order valence-corrected chi connectivity index (χ0v) is 13.5. The minimum absolute atomic E-state index is 0.191. The van der Waals surface area contributed by atoms with Crippen molar-refractivity contribution in [1.29, 1.82) is 0 Å². The molecule has 1 aromatic carbocycles. The number of hydrogen-bond donors (Lipinski definition) is 0. The highest BCUT2D eigenvalue weighted by molar-refractivity contribution is 8.13. The Hall–Kier alpha value is -1.18. The van der Waals surface area contributed by atoms with Crippen molar-refractivity contribution in [3.63, 3.8) is 0 Å². The summed E-state index contributed by atoms with van der Waals surface area (Å²) in [5.74, 6) is -1.41. The normalized spacial score (nSPS) is 11.7. The summed E-state index contributed by atoms with van der Waals surface area (Å²) in [6, 6.07) is 2.69. The van der Waals surface area contributed by atoms with Gasteiger partial charge in [-0.1, -0.05) is 0 Å². The molecule has 1 rings (SSSR count). The minimum Gasteiger partial charge on any atom is -0.383 e. The van der Waals surface area contributed by atoms with Crippen molar-refractivity contribution < 1.29 is 22.3 Å². The van der Waals surface area contributed by atoms with E-state index in [-0.39, 0.29) is 23.0 Å². The molecule has 21 heavy (non-hydrogen) atoms. The first-order chi connectivity index (χ1) is 9.68. The van der Waals surface area contributed by atoms with Crippen molar-refractivity contribution in [2.45, 2.75) is 24.8 Å². The molecule has 0 radical (unpaired) electrons. The van der Waals surface area contributed by atoms with Gasteiger partial charge in [0.15, 0.2) is 0 Å². The Balaban J connectivity index is 3.21. The molecule has 0 atom stereocenters. The molecule has 0 N–H and O–H groups in total. The summed E-state index contributed by atoms with van der Waals surface area (Å²) in [7, 11) is 2.68. The molecule has 0 fully saturated rings. The van der Waals surface area contributed by atoms with E-state index in [0.717, 1.165) is 18.2 Å². The lowest BCUT2D eigenvalue weighted by Gasteiger charge is -2.26. The van der Waals surface area contributed by atoms with E-state index in [1.54, 1.807) is 13.8 Å². The van der Waals surface area contributed by atoms with Gasteiger partial charge in [0, 0.05) is 30.4 Å². The maximum absolute atomic E-state index is 13.8. The molecule has 0 spiro atoms. The van der Waals surface area contributed by atoms with Gasteiger partial charge in [0.25, 0.3) is 15.0 Å². The highest BCUT2D eigenvalue weighted by Crippen LogP contribution is 2.20. The van der Waals surface area contributed by atoms with Crippen molar-refractivity contribution in [3.8, 4) is 0 Å². The zero-order chi connectivity index (χ0) is 16.2. The Kier molecular flexibility index (Phi) is 6.12. The van der Waals surface area contributed by atoms with Gasteiger partial charge >= 0.3 is 0 Å². The van der Waals surface area contributed by atoms with Crippen LogP contribution in [0.1, 0.15) is 24.2 Å². The van der Waals surface area contributed by atoms with Gasteiger partial charge in [-0.25, -0.2) is 12.8 Å². The van der Waals surface area contributed by atoms with Crippen molar-refractivity contribution in [2.24, 2.45) is 0 Å². The molecule has 0 aliphatic rings. The quantitative estimate of drug-likeness (QED) is 0.747. The van der Waals surface area contributed by atoms with Crippen molar-refractivity contribution in [1.82, 2.24) is 4.90 Å². The Bertz CT molecular complexity index is 619. The van der Waals surface area contributed by atoms with Gasteiger partial charge in [0.1, 0.15) is 5.82 Å². The molecule has 1 amide bonds. The van der Waals surface area contributed by atoms with Crippen LogP contribution < -0.4 is 0 Å². The molecule has 1 aromatic rings. The van der Waals surface area contributed by atoms with Crippen LogP contribution in [0.2, 0.25) is 0 Å². The van der Waals surface area contributed by atoms with Gasteiger partial charge in [-0.05, 0) is 32.0 Å². The number of benzene rings is 1. The largest absolute Gasteiger partial charge is 0.383 e. The predicted molar refractivity (Wildman–Crippen MR) is 77.5 cm³/mol.